The van der Waals surface area contributed by atoms with Crippen molar-refractivity contribution in [2.75, 3.05) is 19.5 Å². The van der Waals surface area contributed by atoms with E-state index in [0.29, 0.717) is 29.9 Å². The molecular formula is C12H14FNO2S. The zero-order chi connectivity index (χ0) is 12.7. The highest BCUT2D eigenvalue weighted by atomic mass is 32.2. The zero-order valence-corrected chi connectivity index (χ0v) is 10.4. The van der Waals surface area contributed by atoms with Crippen molar-refractivity contribution in [3.63, 3.8) is 0 Å². The molecule has 0 aliphatic rings. The SMILES string of the molecule is COCCCS(=O)Cc1cc(F)ccc1C#N. The molecule has 0 heterocycles. The molecule has 0 aromatic heterocycles. The van der Waals surface area contributed by atoms with Crippen LogP contribution in [0.3, 0.4) is 0 Å². The van der Waals surface area contributed by atoms with Gasteiger partial charge in [0.2, 0.25) is 0 Å². The molecule has 1 aromatic rings. The molecular weight excluding hydrogens is 241 g/mol. The lowest BCUT2D eigenvalue weighted by Gasteiger charge is -2.04. The van der Waals surface area contributed by atoms with E-state index in [1.54, 1.807) is 7.11 Å². The Bertz CT molecular complexity index is 443. The van der Waals surface area contributed by atoms with Crippen molar-refractivity contribution in [3.05, 3.63) is 35.1 Å². The summed E-state index contributed by atoms with van der Waals surface area (Å²) >= 11 is 0. The van der Waals surface area contributed by atoms with Gasteiger partial charge >= 0.3 is 0 Å². The van der Waals surface area contributed by atoms with Gasteiger partial charge in [-0.25, -0.2) is 4.39 Å². The highest BCUT2D eigenvalue weighted by Crippen LogP contribution is 2.13. The van der Waals surface area contributed by atoms with E-state index in [-0.39, 0.29) is 5.75 Å². The fourth-order valence-electron chi connectivity index (χ4n) is 1.40. The van der Waals surface area contributed by atoms with Crippen molar-refractivity contribution in [2.45, 2.75) is 12.2 Å². The van der Waals surface area contributed by atoms with E-state index in [9.17, 15) is 8.60 Å². The van der Waals surface area contributed by atoms with Crippen LogP contribution in [0.15, 0.2) is 18.2 Å². The Hall–Kier alpha value is -1.25. The lowest BCUT2D eigenvalue weighted by atomic mass is 10.1. The number of hydrogen-bond donors (Lipinski definition) is 0. The normalized spacial score (nSPS) is 12.1. The van der Waals surface area contributed by atoms with Gasteiger partial charge in [0.05, 0.1) is 11.6 Å². The minimum Gasteiger partial charge on any atom is -0.385 e. The van der Waals surface area contributed by atoms with Gasteiger partial charge in [0.1, 0.15) is 5.82 Å². The number of nitrogens with zero attached hydrogens (tertiary/aromatic N) is 1. The van der Waals surface area contributed by atoms with Gasteiger partial charge in [-0.3, -0.25) is 4.21 Å². The third kappa shape index (κ3) is 4.63. The van der Waals surface area contributed by atoms with Crippen LogP contribution in [0.2, 0.25) is 0 Å². The summed E-state index contributed by atoms with van der Waals surface area (Å²) in [5.74, 6) is 0.299. The maximum absolute atomic E-state index is 13.0. The Labute approximate surface area is 103 Å². The van der Waals surface area contributed by atoms with Crippen LogP contribution in [0.4, 0.5) is 4.39 Å². The van der Waals surface area contributed by atoms with Gasteiger partial charge in [-0.15, -0.1) is 0 Å². The summed E-state index contributed by atoms with van der Waals surface area (Å²) < 4.78 is 29.6. The highest BCUT2D eigenvalue weighted by Gasteiger charge is 2.08. The highest BCUT2D eigenvalue weighted by molar-refractivity contribution is 7.84. The minimum absolute atomic E-state index is 0.213. The second-order valence-electron chi connectivity index (χ2n) is 3.55. The van der Waals surface area contributed by atoms with Gasteiger partial charge in [-0.2, -0.15) is 5.26 Å². The van der Waals surface area contributed by atoms with Crippen LogP contribution in [0.5, 0.6) is 0 Å². The number of halogens is 1. The van der Waals surface area contributed by atoms with E-state index < -0.39 is 16.6 Å². The summed E-state index contributed by atoms with van der Waals surface area (Å²) in [7, 11) is 0.496. The molecule has 0 N–H and O–H groups in total. The average molecular weight is 255 g/mol. The molecule has 1 aromatic carbocycles. The van der Waals surface area contributed by atoms with Gasteiger partial charge in [0.25, 0.3) is 0 Å². The summed E-state index contributed by atoms with van der Waals surface area (Å²) in [4.78, 5) is 0. The van der Waals surface area contributed by atoms with Gasteiger partial charge in [-0.1, -0.05) is 0 Å². The second kappa shape index (κ2) is 7.15. The topological polar surface area (TPSA) is 50.1 Å². The van der Waals surface area contributed by atoms with Gasteiger partial charge in [-0.05, 0) is 30.2 Å². The molecule has 3 nitrogen and oxygen atoms in total. The Kier molecular flexibility index (Phi) is 5.81. The van der Waals surface area contributed by atoms with Crippen molar-refractivity contribution in [2.24, 2.45) is 0 Å². The molecule has 5 heteroatoms. The molecule has 0 bridgehead atoms. The van der Waals surface area contributed by atoms with Crippen molar-refractivity contribution in [1.82, 2.24) is 0 Å². The van der Waals surface area contributed by atoms with Crippen LogP contribution < -0.4 is 0 Å². The van der Waals surface area contributed by atoms with Gasteiger partial charge < -0.3 is 4.74 Å². The van der Waals surface area contributed by atoms with Gasteiger partial charge in [0.15, 0.2) is 0 Å². The molecule has 1 rings (SSSR count). The maximum Gasteiger partial charge on any atom is 0.123 e. The first kappa shape index (κ1) is 13.8. The standard InChI is InChI=1S/C12H14FNO2S/c1-16-5-2-6-17(15)9-11-7-12(13)4-3-10(11)8-14/h3-4,7H,2,5-6,9H2,1H3. The second-order valence-corrected chi connectivity index (χ2v) is 5.12. The quantitative estimate of drug-likeness (QED) is 0.730. The number of hydrogen-bond acceptors (Lipinski definition) is 3. The van der Waals surface area contributed by atoms with Gasteiger partial charge in [0, 0.05) is 36.0 Å². The predicted octanol–water partition coefficient (Wildman–Crippen LogP) is 1.98. The van der Waals surface area contributed by atoms with Crippen LogP contribution in [0.1, 0.15) is 17.5 Å². The monoisotopic (exact) mass is 255 g/mol. The van der Waals surface area contributed by atoms with Crippen LogP contribution >= 0.6 is 0 Å². The first-order chi connectivity index (χ1) is 8.17. The number of ether oxygens (including phenoxy) is 1. The van der Waals surface area contributed by atoms with Crippen LogP contribution in [0, 0.1) is 17.1 Å². The van der Waals surface area contributed by atoms with Crippen LogP contribution in [-0.2, 0) is 21.3 Å². The first-order valence-electron chi connectivity index (χ1n) is 5.20. The fourth-order valence-corrected chi connectivity index (χ4v) is 2.57. The molecule has 17 heavy (non-hydrogen) atoms. The molecule has 0 spiro atoms. The smallest absolute Gasteiger partial charge is 0.123 e. The molecule has 0 amide bonds. The third-order valence-electron chi connectivity index (χ3n) is 2.22. The van der Waals surface area contributed by atoms with E-state index in [1.807, 2.05) is 6.07 Å². The van der Waals surface area contributed by atoms with E-state index >= 15 is 0 Å². The minimum atomic E-state index is -1.09. The van der Waals surface area contributed by atoms with E-state index in [1.165, 1.54) is 18.2 Å². The molecule has 0 fully saturated rings. The Morgan fingerprint density at radius 2 is 2.29 bits per heavy atom. The molecule has 0 aliphatic carbocycles. The zero-order valence-electron chi connectivity index (χ0n) is 9.61. The number of rotatable bonds is 6. The largest absolute Gasteiger partial charge is 0.385 e. The molecule has 0 radical (unpaired) electrons. The summed E-state index contributed by atoms with van der Waals surface area (Å²) in [5, 5.41) is 8.84. The third-order valence-corrected chi connectivity index (χ3v) is 3.60. The molecule has 1 unspecified atom stereocenters. The summed E-state index contributed by atoms with van der Waals surface area (Å²) in [5.41, 5.74) is 0.884. The van der Waals surface area contributed by atoms with Crippen LogP contribution in [-0.4, -0.2) is 23.7 Å². The predicted molar refractivity (Wildman–Crippen MR) is 64.3 cm³/mol. The Balaban J connectivity index is 2.64. The van der Waals surface area contributed by atoms with E-state index in [0.717, 1.165) is 0 Å². The number of nitriles is 1. The summed E-state index contributed by atoms with van der Waals surface area (Å²) in [6.07, 6.45) is 0.695. The number of methoxy groups -OCH3 is 1. The van der Waals surface area contributed by atoms with E-state index in [4.69, 9.17) is 10.00 Å². The first-order valence-corrected chi connectivity index (χ1v) is 6.68. The molecule has 0 aliphatic heterocycles. The van der Waals surface area contributed by atoms with E-state index in [2.05, 4.69) is 0 Å². The average Bonchev–Trinajstić information content (AvgIpc) is 2.29. The lowest BCUT2D eigenvalue weighted by molar-refractivity contribution is 0.200. The van der Waals surface area contributed by atoms with Crippen molar-refractivity contribution < 1.29 is 13.3 Å². The van der Waals surface area contributed by atoms with Crippen molar-refractivity contribution in [3.8, 4) is 6.07 Å². The fraction of sp³-hybridized carbons (Fsp3) is 0.417. The van der Waals surface area contributed by atoms with Crippen LogP contribution in [0.25, 0.3) is 0 Å². The molecule has 1 atom stereocenters. The van der Waals surface area contributed by atoms with Crippen molar-refractivity contribution >= 4 is 10.8 Å². The lowest BCUT2D eigenvalue weighted by Crippen LogP contribution is -2.05. The number of benzene rings is 1. The van der Waals surface area contributed by atoms with Crippen molar-refractivity contribution in [1.29, 1.82) is 5.26 Å². The molecule has 0 saturated heterocycles. The summed E-state index contributed by atoms with van der Waals surface area (Å²) in [6.45, 7) is 0.556. The maximum atomic E-state index is 13.0. The Morgan fingerprint density at radius 1 is 1.53 bits per heavy atom. The molecule has 0 saturated carbocycles. The summed E-state index contributed by atoms with van der Waals surface area (Å²) in [6, 6.07) is 5.89. The molecule has 92 valence electrons. The Morgan fingerprint density at radius 3 is 2.94 bits per heavy atom.